The van der Waals surface area contributed by atoms with Crippen LogP contribution in [0.1, 0.15) is 123 Å². The predicted octanol–water partition coefficient (Wildman–Crippen LogP) is 8.67. The average molecular weight is 489 g/mol. The molecule has 0 aromatic heterocycles. The summed E-state index contributed by atoms with van der Waals surface area (Å²) in [5.41, 5.74) is 3.03. The van der Waals surface area contributed by atoms with Crippen molar-refractivity contribution in [2.24, 2.45) is 0 Å². The number of hydrogen-bond donors (Lipinski definition) is 0. The zero-order valence-corrected chi connectivity index (χ0v) is 22.0. The molecule has 0 fully saturated rings. The molecule has 4 nitrogen and oxygen atoms in total. The number of ether oxygens (including phenoxy) is 2. The Morgan fingerprint density at radius 1 is 0.500 bits per heavy atom. The quantitative estimate of drug-likeness (QED) is 0.222. The maximum absolute atomic E-state index is 13.0. The van der Waals surface area contributed by atoms with Crippen LogP contribution in [0.4, 0.5) is 0 Å². The van der Waals surface area contributed by atoms with E-state index in [0.29, 0.717) is 35.9 Å². The Morgan fingerprint density at radius 3 is 1.28 bits per heavy atom. The lowest BCUT2D eigenvalue weighted by atomic mass is 9.83. The van der Waals surface area contributed by atoms with E-state index < -0.39 is 0 Å². The summed E-state index contributed by atoms with van der Waals surface area (Å²) in [4.78, 5) is 26.0. The second kappa shape index (κ2) is 12.9. The first-order chi connectivity index (χ1) is 17.7. The number of hydrogen-bond acceptors (Lipinski definition) is 4. The van der Waals surface area contributed by atoms with E-state index in [9.17, 15) is 9.59 Å². The second-order valence-corrected chi connectivity index (χ2v) is 10.0. The van der Waals surface area contributed by atoms with Gasteiger partial charge in [0.25, 0.3) is 0 Å². The van der Waals surface area contributed by atoms with Gasteiger partial charge in [0.1, 0.15) is 11.5 Å². The molecule has 0 bridgehead atoms. The number of unbranched alkanes of at least 4 members (excludes halogenated alkanes) is 10. The van der Waals surface area contributed by atoms with Gasteiger partial charge in [-0.25, -0.2) is 0 Å². The molecule has 0 radical (unpaired) electrons. The summed E-state index contributed by atoms with van der Waals surface area (Å²) in [6.07, 6.45) is 17.4. The number of carbonyl (C=O) groups is 2. The van der Waals surface area contributed by atoms with Crippen LogP contribution in [-0.2, 0) is 9.47 Å². The van der Waals surface area contributed by atoms with Gasteiger partial charge in [-0.05, 0) is 37.1 Å². The third-order valence-electron chi connectivity index (χ3n) is 7.26. The number of ketones is 2. The van der Waals surface area contributed by atoms with E-state index in [-0.39, 0.29) is 11.6 Å². The molecule has 36 heavy (non-hydrogen) atoms. The third-order valence-corrected chi connectivity index (χ3v) is 7.26. The summed E-state index contributed by atoms with van der Waals surface area (Å²) in [5, 5.41) is 1.63. The normalized spacial score (nSPS) is 14.2. The first kappa shape index (κ1) is 26.2. The van der Waals surface area contributed by atoms with Crippen molar-refractivity contribution in [3.8, 4) is 0 Å². The SMILES string of the molecule is CCCCCCCCOC1=CC(=O)c2ccc3c4c(ccc1c24)C(=O)C=C3OCCCCCCCC. The Labute approximate surface area is 215 Å². The predicted molar refractivity (Wildman–Crippen MR) is 147 cm³/mol. The molecule has 2 aliphatic rings. The van der Waals surface area contributed by atoms with Gasteiger partial charge in [-0.3, -0.25) is 9.59 Å². The van der Waals surface area contributed by atoms with E-state index >= 15 is 0 Å². The van der Waals surface area contributed by atoms with Gasteiger partial charge < -0.3 is 9.47 Å². The van der Waals surface area contributed by atoms with E-state index in [4.69, 9.17) is 9.47 Å². The first-order valence-corrected chi connectivity index (χ1v) is 14.0. The van der Waals surface area contributed by atoms with Crippen molar-refractivity contribution in [1.29, 1.82) is 0 Å². The lowest BCUT2D eigenvalue weighted by Gasteiger charge is -2.24. The van der Waals surface area contributed by atoms with Gasteiger partial charge in [-0.2, -0.15) is 0 Å². The molecule has 0 amide bonds. The number of allylic oxidation sites excluding steroid dienone is 2. The molecule has 0 N–H and O–H groups in total. The molecule has 0 saturated heterocycles. The largest absolute Gasteiger partial charge is 0.493 e. The lowest BCUT2D eigenvalue weighted by molar-refractivity contribution is 0.103. The molecule has 4 heteroatoms. The number of rotatable bonds is 16. The highest BCUT2D eigenvalue weighted by molar-refractivity contribution is 6.28. The molecule has 0 heterocycles. The van der Waals surface area contributed by atoms with Crippen molar-refractivity contribution in [2.75, 3.05) is 13.2 Å². The van der Waals surface area contributed by atoms with Crippen molar-refractivity contribution >= 4 is 33.9 Å². The smallest absolute Gasteiger partial charge is 0.190 e. The maximum Gasteiger partial charge on any atom is 0.190 e. The number of benzene rings is 2. The Hall–Kier alpha value is -2.88. The van der Waals surface area contributed by atoms with Gasteiger partial charge in [0.15, 0.2) is 11.6 Å². The van der Waals surface area contributed by atoms with Crippen LogP contribution in [0.3, 0.4) is 0 Å². The van der Waals surface area contributed by atoms with Crippen molar-refractivity contribution in [1.82, 2.24) is 0 Å². The van der Waals surface area contributed by atoms with Gasteiger partial charge in [0, 0.05) is 45.2 Å². The summed E-state index contributed by atoms with van der Waals surface area (Å²) in [5.74, 6) is 1.09. The number of carbonyl (C=O) groups excluding carboxylic acids is 2. The minimum Gasteiger partial charge on any atom is -0.493 e. The second-order valence-electron chi connectivity index (χ2n) is 10.0. The molecular formula is C32H40O4. The Kier molecular flexibility index (Phi) is 9.38. The zero-order valence-electron chi connectivity index (χ0n) is 22.0. The summed E-state index contributed by atoms with van der Waals surface area (Å²) in [6.45, 7) is 5.62. The zero-order chi connectivity index (χ0) is 25.3. The van der Waals surface area contributed by atoms with E-state index in [0.717, 1.165) is 47.6 Å². The summed E-state index contributed by atoms with van der Waals surface area (Å²) in [6, 6.07) is 7.59. The topological polar surface area (TPSA) is 52.6 Å². The molecule has 0 unspecified atom stereocenters. The average Bonchev–Trinajstić information content (AvgIpc) is 2.88. The van der Waals surface area contributed by atoms with Gasteiger partial charge in [-0.1, -0.05) is 78.1 Å². The van der Waals surface area contributed by atoms with Crippen LogP contribution in [0.5, 0.6) is 0 Å². The Morgan fingerprint density at radius 2 is 0.861 bits per heavy atom. The Bertz CT molecular complexity index is 1060. The first-order valence-electron chi connectivity index (χ1n) is 14.0. The van der Waals surface area contributed by atoms with Crippen LogP contribution >= 0.6 is 0 Å². The van der Waals surface area contributed by atoms with Gasteiger partial charge in [0.2, 0.25) is 0 Å². The fourth-order valence-corrected chi connectivity index (χ4v) is 5.23. The van der Waals surface area contributed by atoms with Crippen LogP contribution in [0.15, 0.2) is 36.4 Å². The molecule has 2 aliphatic carbocycles. The monoisotopic (exact) mass is 488 g/mol. The summed E-state index contributed by atoms with van der Waals surface area (Å²) < 4.78 is 12.2. The highest BCUT2D eigenvalue weighted by Gasteiger charge is 2.29. The minimum atomic E-state index is -0.0688. The minimum absolute atomic E-state index is 0.0688. The van der Waals surface area contributed by atoms with E-state index in [2.05, 4.69) is 13.8 Å². The van der Waals surface area contributed by atoms with Crippen molar-refractivity contribution in [3.05, 3.63) is 58.7 Å². The molecule has 2 aromatic rings. The molecule has 0 atom stereocenters. The van der Waals surface area contributed by atoms with Gasteiger partial charge in [-0.15, -0.1) is 0 Å². The molecule has 2 aromatic carbocycles. The van der Waals surface area contributed by atoms with Crippen molar-refractivity contribution in [2.45, 2.75) is 90.9 Å². The highest BCUT2D eigenvalue weighted by atomic mass is 16.5. The van der Waals surface area contributed by atoms with Crippen molar-refractivity contribution < 1.29 is 19.1 Å². The van der Waals surface area contributed by atoms with Crippen LogP contribution in [0.2, 0.25) is 0 Å². The summed E-state index contributed by atoms with van der Waals surface area (Å²) >= 11 is 0. The Balaban J connectivity index is 1.49. The van der Waals surface area contributed by atoms with E-state index in [1.54, 1.807) is 12.2 Å². The van der Waals surface area contributed by atoms with E-state index in [1.165, 1.54) is 51.4 Å². The van der Waals surface area contributed by atoms with Gasteiger partial charge >= 0.3 is 0 Å². The highest BCUT2D eigenvalue weighted by Crippen LogP contribution is 2.41. The fraction of sp³-hybridized carbons (Fsp3) is 0.500. The maximum atomic E-state index is 13.0. The molecule has 0 saturated carbocycles. The third kappa shape index (κ3) is 5.91. The van der Waals surface area contributed by atoms with Crippen LogP contribution in [-0.4, -0.2) is 24.8 Å². The summed E-state index contributed by atoms with van der Waals surface area (Å²) in [7, 11) is 0. The van der Waals surface area contributed by atoms with Gasteiger partial charge in [0.05, 0.1) is 13.2 Å². The van der Waals surface area contributed by atoms with E-state index in [1.807, 2.05) is 24.3 Å². The van der Waals surface area contributed by atoms with Crippen LogP contribution < -0.4 is 0 Å². The molecule has 0 aliphatic heterocycles. The van der Waals surface area contributed by atoms with Crippen LogP contribution in [0, 0.1) is 0 Å². The molecular weight excluding hydrogens is 448 g/mol. The lowest BCUT2D eigenvalue weighted by Crippen LogP contribution is -2.14. The standard InChI is InChI=1S/C32H40O4/c1-3-5-7-9-11-13-19-35-29-21-27(33)23-16-18-26-30(36-20-14-12-10-8-6-4-2)22-28(34)24-15-17-25(29)31(23)32(24)26/h15-18,21-22H,3-14,19-20H2,1-2H3. The van der Waals surface area contributed by atoms with Crippen LogP contribution in [0.25, 0.3) is 22.3 Å². The molecule has 192 valence electrons. The molecule has 4 rings (SSSR count). The fourth-order valence-electron chi connectivity index (χ4n) is 5.23. The molecule has 0 spiro atoms. The van der Waals surface area contributed by atoms with Crippen molar-refractivity contribution in [3.63, 3.8) is 0 Å².